The highest BCUT2D eigenvalue weighted by molar-refractivity contribution is 7.99. The van der Waals surface area contributed by atoms with Crippen LogP contribution in [0.4, 0.5) is 5.95 Å². The van der Waals surface area contributed by atoms with E-state index in [4.69, 9.17) is 5.73 Å². The molecule has 0 unspecified atom stereocenters. The average molecular weight is 289 g/mol. The Morgan fingerprint density at radius 1 is 1.20 bits per heavy atom. The minimum atomic E-state index is 0.131. The number of aryl methyl sites for hydroxylation is 1. The fourth-order valence-electron chi connectivity index (χ4n) is 1.45. The predicted octanol–water partition coefficient (Wildman–Crippen LogP) is 0.228. The van der Waals surface area contributed by atoms with Crippen LogP contribution in [0.2, 0.25) is 0 Å². The Balaban J connectivity index is 1.96. The molecule has 20 heavy (non-hydrogen) atoms. The molecule has 0 aliphatic carbocycles. The first-order valence-electron chi connectivity index (χ1n) is 5.69. The lowest BCUT2D eigenvalue weighted by Gasteiger charge is -2.04. The van der Waals surface area contributed by atoms with E-state index in [-0.39, 0.29) is 5.95 Å². The molecule has 3 aromatic rings. The summed E-state index contributed by atoms with van der Waals surface area (Å²) in [7, 11) is 1.87. The molecule has 0 bridgehead atoms. The number of hydrogen-bond acceptors (Lipinski definition) is 8. The lowest BCUT2D eigenvalue weighted by molar-refractivity contribution is 0.747. The van der Waals surface area contributed by atoms with Crippen molar-refractivity contribution in [3.63, 3.8) is 0 Å². The standard InChI is InChI=1S/C10H11N9S/c1-6-16-17-10(18(6)2)20-9-14-7(11)13-8(15-9)19-5-3-4-12-19/h3-5H,1-2H3,(H2,11,13,14,15). The highest BCUT2D eigenvalue weighted by Gasteiger charge is 2.12. The van der Waals surface area contributed by atoms with Gasteiger partial charge in [-0.25, -0.2) is 4.68 Å². The first-order chi connectivity index (χ1) is 9.63. The van der Waals surface area contributed by atoms with Crippen LogP contribution in [-0.4, -0.2) is 39.5 Å². The van der Waals surface area contributed by atoms with Gasteiger partial charge < -0.3 is 10.3 Å². The van der Waals surface area contributed by atoms with E-state index in [2.05, 4.69) is 30.2 Å². The minimum Gasteiger partial charge on any atom is -0.368 e. The molecule has 0 atom stereocenters. The maximum absolute atomic E-state index is 5.70. The zero-order valence-electron chi connectivity index (χ0n) is 10.8. The van der Waals surface area contributed by atoms with Gasteiger partial charge in [0.05, 0.1) is 0 Å². The number of anilines is 1. The number of nitrogen functional groups attached to an aromatic ring is 1. The molecule has 0 aliphatic rings. The van der Waals surface area contributed by atoms with E-state index in [0.717, 1.165) is 5.82 Å². The van der Waals surface area contributed by atoms with Gasteiger partial charge in [-0.1, -0.05) is 0 Å². The molecule has 0 aromatic carbocycles. The highest BCUT2D eigenvalue weighted by atomic mass is 32.2. The second kappa shape index (κ2) is 4.89. The van der Waals surface area contributed by atoms with Crippen molar-refractivity contribution in [3.05, 3.63) is 24.3 Å². The molecule has 0 aliphatic heterocycles. The van der Waals surface area contributed by atoms with Gasteiger partial charge in [0.25, 0.3) is 5.95 Å². The van der Waals surface area contributed by atoms with E-state index >= 15 is 0 Å². The van der Waals surface area contributed by atoms with Crippen molar-refractivity contribution in [1.29, 1.82) is 0 Å². The summed E-state index contributed by atoms with van der Waals surface area (Å²) < 4.78 is 3.36. The SMILES string of the molecule is Cc1nnc(Sc2nc(N)nc(-n3cccn3)n2)n1C. The molecule has 0 fully saturated rings. The molecule has 0 amide bonds. The van der Waals surface area contributed by atoms with Gasteiger partial charge in [-0.3, -0.25) is 0 Å². The van der Waals surface area contributed by atoms with Gasteiger partial charge in [0.1, 0.15) is 5.82 Å². The quantitative estimate of drug-likeness (QED) is 0.728. The third-order valence-electron chi connectivity index (χ3n) is 2.56. The molecule has 3 rings (SSSR count). The molecule has 0 saturated carbocycles. The van der Waals surface area contributed by atoms with Crippen molar-refractivity contribution in [2.24, 2.45) is 7.05 Å². The second-order valence-corrected chi connectivity index (χ2v) is 4.85. The molecule has 0 saturated heterocycles. The summed E-state index contributed by atoms with van der Waals surface area (Å²) in [6, 6.07) is 1.78. The van der Waals surface area contributed by atoms with E-state index in [9.17, 15) is 0 Å². The Labute approximate surface area is 118 Å². The number of rotatable bonds is 3. The summed E-state index contributed by atoms with van der Waals surface area (Å²) in [6.07, 6.45) is 3.37. The minimum absolute atomic E-state index is 0.131. The molecule has 102 valence electrons. The zero-order valence-corrected chi connectivity index (χ0v) is 11.6. The summed E-state index contributed by atoms with van der Waals surface area (Å²) in [5, 5.41) is 13.2. The molecular formula is C10H11N9S. The number of nitrogens with zero attached hydrogens (tertiary/aromatic N) is 8. The van der Waals surface area contributed by atoms with Gasteiger partial charge in [0.15, 0.2) is 5.16 Å². The van der Waals surface area contributed by atoms with E-state index in [1.54, 1.807) is 18.5 Å². The van der Waals surface area contributed by atoms with Gasteiger partial charge in [-0.15, -0.1) is 10.2 Å². The maximum atomic E-state index is 5.70. The molecule has 2 N–H and O–H groups in total. The summed E-state index contributed by atoms with van der Waals surface area (Å²) in [5.41, 5.74) is 5.70. The van der Waals surface area contributed by atoms with Crippen LogP contribution >= 0.6 is 11.8 Å². The Kier molecular flexibility index (Phi) is 3.06. The molecule has 3 aromatic heterocycles. The summed E-state index contributed by atoms with van der Waals surface area (Å²) in [6.45, 7) is 1.87. The Morgan fingerprint density at radius 2 is 2.05 bits per heavy atom. The van der Waals surface area contributed by atoms with Crippen molar-refractivity contribution in [3.8, 4) is 5.95 Å². The first-order valence-corrected chi connectivity index (χ1v) is 6.50. The van der Waals surface area contributed by atoms with Crippen molar-refractivity contribution in [2.45, 2.75) is 17.2 Å². The number of nitrogens with two attached hydrogens (primary N) is 1. The topological polar surface area (TPSA) is 113 Å². The monoisotopic (exact) mass is 289 g/mol. The van der Waals surface area contributed by atoms with Gasteiger partial charge in [-0.05, 0) is 24.8 Å². The van der Waals surface area contributed by atoms with E-state index in [1.807, 2.05) is 18.5 Å². The lowest BCUT2D eigenvalue weighted by atomic mass is 10.7. The van der Waals surface area contributed by atoms with Crippen LogP contribution in [0.15, 0.2) is 28.8 Å². The summed E-state index contributed by atoms with van der Waals surface area (Å²) in [5.74, 6) is 1.30. The van der Waals surface area contributed by atoms with Crippen molar-refractivity contribution >= 4 is 17.7 Å². The predicted molar refractivity (Wildman–Crippen MR) is 71.2 cm³/mol. The Morgan fingerprint density at radius 3 is 2.70 bits per heavy atom. The highest BCUT2D eigenvalue weighted by Crippen LogP contribution is 2.23. The van der Waals surface area contributed by atoms with Gasteiger partial charge in [-0.2, -0.15) is 20.1 Å². The van der Waals surface area contributed by atoms with Crippen molar-refractivity contribution < 1.29 is 0 Å². The Hall–Kier alpha value is -2.49. The third-order valence-corrected chi connectivity index (χ3v) is 3.47. The van der Waals surface area contributed by atoms with Crippen molar-refractivity contribution in [2.75, 3.05) is 5.73 Å². The zero-order chi connectivity index (χ0) is 14.1. The van der Waals surface area contributed by atoms with E-state index < -0.39 is 0 Å². The van der Waals surface area contributed by atoms with Gasteiger partial charge in [0.2, 0.25) is 11.1 Å². The maximum Gasteiger partial charge on any atom is 0.256 e. The molecule has 0 radical (unpaired) electrons. The van der Waals surface area contributed by atoms with Gasteiger partial charge >= 0.3 is 0 Å². The van der Waals surface area contributed by atoms with Crippen LogP contribution in [0, 0.1) is 6.92 Å². The summed E-state index contributed by atoms with van der Waals surface area (Å²) >= 11 is 1.27. The van der Waals surface area contributed by atoms with Crippen LogP contribution in [0.5, 0.6) is 0 Å². The molecule has 3 heterocycles. The second-order valence-electron chi connectivity index (χ2n) is 3.92. The van der Waals surface area contributed by atoms with Crippen LogP contribution in [0.1, 0.15) is 5.82 Å². The number of hydrogen-bond donors (Lipinski definition) is 1. The smallest absolute Gasteiger partial charge is 0.256 e. The molecule has 10 heteroatoms. The van der Waals surface area contributed by atoms with E-state index in [0.29, 0.717) is 16.3 Å². The fourth-order valence-corrected chi connectivity index (χ4v) is 2.23. The van der Waals surface area contributed by atoms with Gasteiger partial charge in [0, 0.05) is 19.4 Å². The third kappa shape index (κ3) is 2.32. The average Bonchev–Trinajstić information content (AvgIpc) is 3.04. The fraction of sp³-hybridized carbons (Fsp3) is 0.200. The molecular weight excluding hydrogens is 278 g/mol. The molecule has 9 nitrogen and oxygen atoms in total. The van der Waals surface area contributed by atoms with Crippen molar-refractivity contribution in [1.82, 2.24) is 39.5 Å². The molecule has 0 spiro atoms. The lowest BCUT2D eigenvalue weighted by Crippen LogP contribution is -2.08. The Bertz CT molecular complexity index is 733. The van der Waals surface area contributed by atoms with Crippen LogP contribution in [0.25, 0.3) is 5.95 Å². The van der Waals surface area contributed by atoms with Crippen LogP contribution in [0.3, 0.4) is 0 Å². The van der Waals surface area contributed by atoms with Crippen LogP contribution < -0.4 is 5.73 Å². The largest absolute Gasteiger partial charge is 0.368 e. The van der Waals surface area contributed by atoms with Crippen LogP contribution in [-0.2, 0) is 7.05 Å². The first kappa shape index (κ1) is 12.5. The van der Waals surface area contributed by atoms with E-state index in [1.165, 1.54) is 16.4 Å². The normalized spacial score (nSPS) is 10.9. The number of aromatic nitrogens is 8. The summed E-state index contributed by atoms with van der Waals surface area (Å²) in [4.78, 5) is 12.4.